The molecule has 2 rings (SSSR count). The molecule has 0 fully saturated rings. The molecule has 0 saturated carbocycles. The third-order valence-corrected chi connectivity index (χ3v) is 4.21. The highest BCUT2D eigenvalue weighted by molar-refractivity contribution is 6.48. The van der Waals surface area contributed by atoms with Crippen molar-refractivity contribution in [2.45, 2.75) is 18.7 Å². The van der Waals surface area contributed by atoms with Gasteiger partial charge in [0.05, 0.1) is 15.1 Å². The van der Waals surface area contributed by atoms with Crippen LogP contribution in [0.5, 0.6) is 5.75 Å². The SMILES string of the molecule is O=C(O)[C@H]1Cc2c(cc(Cl)c(Cl)c2Cl)O[C@H]1C(F)(F)F. The highest BCUT2D eigenvalue weighted by Gasteiger charge is 2.52. The molecule has 1 aromatic rings. The smallest absolute Gasteiger partial charge is 0.426 e. The highest BCUT2D eigenvalue weighted by atomic mass is 35.5. The van der Waals surface area contributed by atoms with Gasteiger partial charge in [0.15, 0.2) is 0 Å². The Balaban J connectivity index is 2.54. The lowest BCUT2D eigenvalue weighted by atomic mass is 9.90. The van der Waals surface area contributed by atoms with Crippen LogP contribution in [0.2, 0.25) is 15.1 Å². The third-order valence-electron chi connectivity index (χ3n) is 2.91. The average Bonchev–Trinajstić information content (AvgIpc) is 2.33. The molecule has 1 aliphatic rings. The predicted octanol–water partition coefficient (Wildman–Crippen LogP) is 4.21. The molecule has 0 bridgehead atoms. The Morgan fingerprint density at radius 3 is 2.40 bits per heavy atom. The maximum atomic E-state index is 12.8. The molecule has 1 heterocycles. The van der Waals surface area contributed by atoms with E-state index in [1.54, 1.807) is 0 Å². The van der Waals surface area contributed by atoms with Gasteiger partial charge >= 0.3 is 12.1 Å². The Bertz CT molecular complexity index is 574. The van der Waals surface area contributed by atoms with E-state index in [1.165, 1.54) is 0 Å². The number of ether oxygens (including phenoxy) is 1. The number of fused-ring (bicyclic) bond motifs is 1. The minimum absolute atomic E-state index is 0.0507. The monoisotopic (exact) mass is 348 g/mol. The molecule has 3 nitrogen and oxygen atoms in total. The molecule has 0 aromatic heterocycles. The van der Waals surface area contributed by atoms with Crippen LogP contribution in [0, 0.1) is 5.92 Å². The van der Waals surface area contributed by atoms with Crippen LogP contribution < -0.4 is 4.74 Å². The van der Waals surface area contributed by atoms with Crippen LogP contribution in [0.4, 0.5) is 13.2 Å². The Morgan fingerprint density at radius 1 is 1.30 bits per heavy atom. The molecule has 1 N–H and O–H groups in total. The van der Waals surface area contributed by atoms with Gasteiger partial charge in [-0.05, 0) is 6.42 Å². The Morgan fingerprint density at radius 2 is 1.90 bits per heavy atom. The van der Waals surface area contributed by atoms with Crippen LogP contribution in [-0.2, 0) is 11.2 Å². The van der Waals surface area contributed by atoms with Crippen molar-refractivity contribution in [3.63, 3.8) is 0 Å². The lowest BCUT2D eigenvalue weighted by Crippen LogP contribution is -2.47. The van der Waals surface area contributed by atoms with Gasteiger partial charge in [0.1, 0.15) is 11.7 Å². The van der Waals surface area contributed by atoms with Crippen molar-refractivity contribution >= 4 is 40.8 Å². The number of aliphatic carboxylic acids is 1. The molecule has 0 radical (unpaired) electrons. The van der Waals surface area contributed by atoms with Gasteiger partial charge in [-0.3, -0.25) is 4.79 Å². The molecule has 1 aromatic carbocycles. The highest BCUT2D eigenvalue weighted by Crippen LogP contribution is 2.45. The van der Waals surface area contributed by atoms with Crippen molar-refractivity contribution in [3.05, 3.63) is 26.7 Å². The Hall–Kier alpha value is -0.850. The van der Waals surface area contributed by atoms with E-state index in [0.717, 1.165) is 6.07 Å². The van der Waals surface area contributed by atoms with E-state index in [2.05, 4.69) is 0 Å². The molecule has 0 saturated heterocycles. The summed E-state index contributed by atoms with van der Waals surface area (Å²) in [5.74, 6) is -3.62. The van der Waals surface area contributed by atoms with Crippen LogP contribution in [-0.4, -0.2) is 23.4 Å². The van der Waals surface area contributed by atoms with Crippen molar-refractivity contribution in [2.75, 3.05) is 0 Å². The summed E-state index contributed by atoms with van der Waals surface area (Å²) in [6, 6.07) is 1.10. The second-order valence-electron chi connectivity index (χ2n) is 4.19. The number of carboxylic acid groups (broad SMARTS) is 1. The van der Waals surface area contributed by atoms with Gasteiger partial charge in [-0.2, -0.15) is 13.2 Å². The van der Waals surface area contributed by atoms with Crippen molar-refractivity contribution in [2.24, 2.45) is 5.92 Å². The normalized spacial score (nSPS) is 22.1. The quantitative estimate of drug-likeness (QED) is 0.773. The second kappa shape index (κ2) is 5.16. The Labute approximate surface area is 126 Å². The lowest BCUT2D eigenvalue weighted by molar-refractivity contribution is -0.217. The lowest BCUT2D eigenvalue weighted by Gasteiger charge is -2.33. The van der Waals surface area contributed by atoms with E-state index >= 15 is 0 Å². The minimum atomic E-state index is -4.82. The maximum absolute atomic E-state index is 12.8. The number of halogens is 6. The number of hydrogen-bond acceptors (Lipinski definition) is 2. The summed E-state index contributed by atoms with van der Waals surface area (Å²) in [5.41, 5.74) is 0.106. The number of carboxylic acids is 1. The molecule has 20 heavy (non-hydrogen) atoms. The van der Waals surface area contributed by atoms with E-state index in [-0.39, 0.29) is 26.4 Å². The molecule has 0 spiro atoms. The number of alkyl halides is 3. The van der Waals surface area contributed by atoms with Crippen LogP contribution in [0.1, 0.15) is 5.56 Å². The van der Waals surface area contributed by atoms with Gasteiger partial charge in [0.25, 0.3) is 0 Å². The molecular formula is C11H6Cl3F3O3. The van der Waals surface area contributed by atoms with Crippen molar-refractivity contribution in [1.29, 1.82) is 0 Å². The molecule has 110 valence electrons. The van der Waals surface area contributed by atoms with Crippen LogP contribution >= 0.6 is 34.8 Å². The zero-order valence-corrected chi connectivity index (χ0v) is 11.7. The predicted molar refractivity (Wildman–Crippen MR) is 66.8 cm³/mol. The summed E-state index contributed by atoms with van der Waals surface area (Å²) < 4.78 is 43.3. The molecule has 2 atom stereocenters. The standard InChI is InChI=1S/C11H6Cl3F3O3/c12-5-2-6-3(7(13)8(5)14)1-4(10(18)19)9(20-6)11(15,16)17/h2,4,9H,1H2,(H,18,19)/t4-,9+/m0/s1. The van der Waals surface area contributed by atoms with Crippen molar-refractivity contribution in [1.82, 2.24) is 0 Å². The molecule has 0 aliphatic carbocycles. The molecular weight excluding hydrogens is 343 g/mol. The fraction of sp³-hybridized carbons (Fsp3) is 0.364. The largest absolute Gasteiger partial charge is 0.481 e. The van der Waals surface area contributed by atoms with Gasteiger partial charge in [0.2, 0.25) is 6.10 Å². The van der Waals surface area contributed by atoms with E-state index in [4.69, 9.17) is 44.6 Å². The molecule has 0 unspecified atom stereocenters. The summed E-state index contributed by atoms with van der Waals surface area (Å²) in [6.45, 7) is 0. The van der Waals surface area contributed by atoms with Crippen LogP contribution in [0.15, 0.2) is 6.07 Å². The first-order valence-electron chi connectivity index (χ1n) is 5.25. The van der Waals surface area contributed by atoms with Crippen LogP contribution in [0.3, 0.4) is 0 Å². The van der Waals surface area contributed by atoms with Crippen LogP contribution in [0.25, 0.3) is 0 Å². The topological polar surface area (TPSA) is 46.5 Å². The first-order chi connectivity index (χ1) is 9.12. The molecule has 0 amide bonds. The zero-order chi connectivity index (χ0) is 15.2. The number of carbonyl (C=O) groups is 1. The minimum Gasteiger partial charge on any atom is -0.481 e. The van der Waals surface area contributed by atoms with E-state index in [1.807, 2.05) is 0 Å². The van der Waals surface area contributed by atoms with E-state index in [0.29, 0.717) is 0 Å². The first-order valence-corrected chi connectivity index (χ1v) is 6.39. The summed E-state index contributed by atoms with van der Waals surface area (Å²) in [4.78, 5) is 11.0. The summed E-state index contributed by atoms with van der Waals surface area (Å²) >= 11 is 17.4. The maximum Gasteiger partial charge on any atom is 0.426 e. The summed E-state index contributed by atoms with van der Waals surface area (Å²) in [5, 5.41) is 8.72. The number of rotatable bonds is 1. The van der Waals surface area contributed by atoms with Gasteiger partial charge in [-0.1, -0.05) is 34.8 Å². The van der Waals surface area contributed by atoms with Crippen molar-refractivity contribution < 1.29 is 27.8 Å². The fourth-order valence-corrected chi connectivity index (χ4v) is 2.65. The first kappa shape index (κ1) is 15.5. The zero-order valence-electron chi connectivity index (χ0n) is 9.47. The number of benzene rings is 1. The van der Waals surface area contributed by atoms with Gasteiger partial charge in [0, 0.05) is 11.6 Å². The third kappa shape index (κ3) is 2.64. The molecule has 1 aliphatic heterocycles. The van der Waals surface area contributed by atoms with Gasteiger partial charge < -0.3 is 9.84 Å². The Kier molecular flexibility index (Phi) is 4.01. The summed E-state index contributed by atoms with van der Waals surface area (Å²) in [7, 11) is 0. The number of hydrogen-bond donors (Lipinski definition) is 1. The van der Waals surface area contributed by atoms with Gasteiger partial charge in [-0.25, -0.2) is 0 Å². The van der Waals surface area contributed by atoms with Crippen molar-refractivity contribution in [3.8, 4) is 5.75 Å². The van der Waals surface area contributed by atoms with Gasteiger partial charge in [-0.15, -0.1) is 0 Å². The summed E-state index contributed by atoms with van der Waals surface area (Å²) in [6.07, 6.45) is -7.72. The van der Waals surface area contributed by atoms with E-state index in [9.17, 15) is 18.0 Å². The molecule has 9 heteroatoms. The second-order valence-corrected chi connectivity index (χ2v) is 5.36. The average molecular weight is 350 g/mol. The van der Waals surface area contributed by atoms with E-state index < -0.39 is 30.6 Å². The fourth-order valence-electron chi connectivity index (χ4n) is 1.96.